The van der Waals surface area contributed by atoms with Gasteiger partial charge in [-0.05, 0) is 92.1 Å². The molecule has 1 aliphatic heterocycles. The molecule has 8 nitrogen and oxygen atoms in total. The number of nitro groups is 1. The Morgan fingerprint density at radius 1 is 1.06 bits per heavy atom. The third kappa shape index (κ3) is 4.85. The Kier molecular flexibility index (Phi) is 6.49. The molecule has 176 valence electrons. The second-order valence-electron chi connectivity index (χ2n) is 7.87. The zero-order valence-electron chi connectivity index (χ0n) is 18.1. The number of aryl methyl sites for hydroxylation is 1. The number of halogens is 1. The van der Waals surface area contributed by atoms with E-state index in [-0.39, 0.29) is 27.6 Å². The predicted molar refractivity (Wildman–Crippen MR) is 133 cm³/mol. The van der Waals surface area contributed by atoms with E-state index in [4.69, 9.17) is 12.2 Å². The van der Waals surface area contributed by atoms with Crippen LogP contribution < -0.4 is 14.9 Å². The van der Waals surface area contributed by atoms with E-state index in [2.05, 4.69) is 10.6 Å². The number of nitrogens with zero attached hydrogens (tertiary/aromatic N) is 2. The van der Waals surface area contributed by atoms with Gasteiger partial charge in [0.15, 0.2) is 5.11 Å². The fourth-order valence-corrected chi connectivity index (χ4v) is 5.80. The van der Waals surface area contributed by atoms with Crippen LogP contribution >= 0.6 is 12.2 Å². The van der Waals surface area contributed by atoms with Crippen molar-refractivity contribution in [1.29, 1.82) is 0 Å². The maximum atomic E-state index is 13.7. The Morgan fingerprint density at radius 3 is 2.24 bits per heavy atom. The highest BCUT2D eigenvalue weighted by atomic mass is 32.2. The van der Waals surface area contributed by atoms with Crippen molar-refractivity contribution >= 4 is 50.1 Å². The minimum Gasteiger partial charge on any atom is -0.332 e. The van der Waals surface area contributed by atoms with Crippen molar-refractivity contribution in [2.24, 2.45) is 0 Å². The number of rotatable bonds is 5. The Bertz CT molecular complexity index is 1350. The molecule has 0 amide bonds. The summed E-state index contributed by atoms with van der Waals surface area (Å²) in [4.78, 5) is 10.4. The molecule has 1 heterocycles. The van der Waals surface area contributed by atoms with Crippen LogP contribution in [0.25, 0.3) is 0 Å². The third-order valence-corrected chi connectivity index (χ3v) is 7.66. The summed E-state index contributed by atoms with van der Waals surface area (Å²) in [7, 11) is -3.86. The second-order valence-corrected chi connectivity index (χ2v) is 10.1. The quantitative estimate of drug-likeness (QED) is 0.286. The molecule has 0 bridgehead atoms. The molecule has 1 aliphatic rings. The summed E-state index contributed by atoms with van der Waals surface area (Å²) < 4.78 is 41.9. The molecule has 0 spiro atoms. The van der Waals surface area contributed by atoms with E-state index in [1.165, 1.54) is 58.9 Å². The summed E-state index contributed by atoms with van der Waals surface area (Å²) in [6, 6.07) is 15.8. The van der Waals surface area contributed by atoms with Crippen LogP contribution in [0.3, 0.4) is 0 Å². The Labute approximate surface area is 201 Å². The number of thiocarbonyl (C=S) groups is 1. The first-order valence-corrected chi connectivity index (χ1v) is 12.3. The minimum absolute atomic E-state index is 0.0305. The molecule has 0 saturated carbocycles. The average Bonchev–Trinajstić information content (AvgIpc) is 2.79. The molecule has 3 aromatic carbocycles. The van der Waals surface area contributed by atoms with Crippen LogP contribution in [0.2, 0.25) is 0 Å². The van der Waals surface area contributed by atoms with E-state index in [0.717, 1.165) is 0 Å². The maximum absolute atomic E-state index is 13.7. The minimum atomic E-state index is -3.86. The predicted octanol–water partition coefficient (Wildman–Crippen LogP) is 5.07. The van der Waals surface area contributed by atoms with E-state index < -0.39 is 14.9 Å². The van der Waals surface area contributed by atoms with Gasteiger partial charge in [0.2, 0.25) is 0 Å². The molecule has 0 unspecified atom stereocenters. The van der Waals surface area contributed by atoms with Crippen LogP contribution in [0, 0.1) is 15.9 Å². The van der Waals surface area contributed by atoms with Gasteiger partial charge in [-0.15, -0.1) is 0 Å². The van der Waals surface area contributed by atoms with Crippen molar-refractivity contribution in [2.45, 2.75) is 30.7 Å². The molecule has 0 aliphatic carbocycles. The van der Waals surface area contributed by atoms with E-state index in [0.29, 0.717) is 35.5 Å². The van der Waals surface area contributed by atoms with Crippen LogP contribution in [0.1, 0.15) is 18.9 Å². The zero-order valence-corrected chi connectivity index (χ0v) is 19.7. The first kappa shape index (κ1) is 23.6. The summed E-state index contributed by atoms with van der Waals surface area (Å²) in [6.07, 6.45) is 1.21. The van der Waals surface area contributed by atoms with Crippen LogP contribution in [-0.2, 0) is 16.4 Å². The number of hydrogen-bond donors (Lipinski definition) is 2. The van der Waals surface area contributed by atoms with Crippen molar-refractivity contribution in [2.75, 3.05) is 14.9 Å². The van der Waals surface area contributed by atoms with Gasteiger partial charge in [-0.1, -0.05) is 0 Å². The number of nitrogens with one attached hydrogen (secondary N) is 2. The maximum Gasteiger partial charge on any atom is 0.269 e. The molecule has 0 aromatic heterocycles. The molecule has 3 aromatic rings. The Balaban J connectivity index is 1.49. The summed E-state index contributed by atoms with van der Waals surface area (Å²) >= 11 is 5.27. The van der Waals surface area contributed by atoms with Gasteiger partial charge in [0.25, 0.3) is 15.7 Å². The molecule has 34 heavy (non-hydrogen) atoms. The molecule has 11 heteroatoms. The lowest BCUT2D eigenvalue weighted by atomic mass is 9.99. The number of anilines is 3. The zero-order chi connectivity index (χ0) is 24.5. The summed E-state index contributed by atoms with van der Waals surface area (Å²) in [6.45, 7) is 1.84. The SMILES string of the molecule is C[C@@H]1CCc2cc(F)ccc2N1S(=O)(=O)c1ccc(NC(=S)Nc2ccc([N+](=O)[O-])cc2)cc1. The van der Waals surface area contributed by atoms with Gasteiger partial charge in [-0.3, -0.25) is 14.4 Å². The van der Waals surface area contributed by atoms with Crippen LogP contribution in [0.5, 0.6) is 0 Å². The lowest BCUT2D eigenvalue weighted by Crippen LogP contribution is -2.42. The fourth-order valence-electron chi connectivity index (χ4n) is 3.84. The van der Waals surface area contributed by atoms with Crippen LogP contribution in [0.4, 0.5) is 27.1 Å². The molecular weight excluding hydrogens is 479 g/mol. The number of nitro benzene ring substituents is 1. The Morgan fingerprint density at radius 2 is 1.65 bits per heavy atom. The summed E-state index contributed by atoms with van der Waals surface area (Å²) in [5.74, 6) is -0.389. The summed E-state index contributed by atoms with van der Waals surface area (Å²) in [5, 5.41) is 16.9. The van der Waals surface area contributed by atoms with Crippen molar-refractivity contribution in [3.05, 3.63) is 88.2 Å². The largest absolute Gasteiger partial charge is 0.332 e. The van der Waals surface area contributed by atoms with Gasteiger partial charge in [0, 0.05) is 29.5 Å². The highest BCUT2D eigenvalue weighted by Crippen LogP contribution is 2.36. The van der Waals surface area contributed by atoms with E-state index in [9.17, 15) is 22.9 Å². The highest BCUT2D eigenvalue weighted by Gasteiger charge is 2.34. The van der Waals surface area contributed by atoms with Crippen molar-refractivity contribution in [1.82, 2.24) is 0 Å². The Hall–Kier alpha value is -3.57. The van der Waals surface area contributed by atoms with Crippen molar-refractivity contribution in [3.8, 4) is 0 Å². The average molecular weight is 501 g/mol. The van der Waals surface area contributed by atoms with Gasteiger partial charge < -0.3 is 10.6 Å². The van der Waals surface area contributed by atoms with Gasteiger partial charge >= 0.3 is 0 Å². The number of benzene rings is 3. The lowest BCUT2D eigenvalue weighted by Gasteiger charge is -2.36. The van der Waals surface area contributed by atoms with Crippen LogP contribution in [-0.4, -0.2) is 24.5 Å². The molecule has 1 atom stereocenters. The molecule has 0 saturated heterocycles. The third-order valence-electron chi connectivity index (χ3n) is 5.52. The fraction of sp³-hybridized carbons (Fsp3) is 0.174. The first-order chi connectivity index (χ1) is 16.1. The number of hydrogen-bond acceptors (Lipinski definition) is 5. The number of sulfonamides is 1. The first-order valence-electron chi connectivity index (χ1n) is 10.4. The van der Waals surface area contributed by atoms with Crippen LogP contribution in [0.15, 0.2) is 71.6 Å². The van der Waals surface area contributed by atoms with Crippen molar-refractivity contribution < 1.29 is 17.7 Å². The second kappa shape index (κ2) is 9.35. The van der Waals surface area contributed by atoms with Gasteiger partial charge in [0.05, 0.1) is 15.5 Å². The molecule has 0 fully saturated rings. The van der Waals surface area contributed by atoms with E-state index in [1.807, 2.05) is 6.92 Å². The molecule has 0 radical (unpaired) electrons. The van der Waals surface area contributed by atoms with Gasteiger partial charge in [-0.2, -0.15) is 0 Å². The number of fused-ring (bicyclic) bond motifs is 1. The summed E-state index contributed by atoms with van der Waals surface area (Å²) in [5.41, 5.74) is 2.26. The lowest BCUT2D eigenvalue weighted by molar-refractivity contribution is -0.384. The standard InChI is InChI=1S/C23H21FN4O4S2/c1-15-2-3-16-14-17(24)4-13-22(16)27(15)34(31,32)21-11-7-19(8-12-21)26-23(33)25-18-5-9-20(10-6-18)28(29)30/h4-15H,2-3H2,1H3,(H2,25,26,33)/t15-/m1/s1. The smallest absolute Gasteiger partial charge is 0.269 e. The van der Waals surface area contributed by atoms with E-state index >= 15 is 0 Å². The molecular formula is C23H21FN4O4S2. The normalized spacial score (nSPS) is 15.4. The molecule has 4 rings (SSSR count). The monoisotopic (exact) mass is 500 g/mol. The molecule has 2 N–H and O–H groups in total. The topological polar surface area (TPSA) is 105 Å². The van der Waals surface area contributed by atoms with Gasteiger partial charge in [-0.25, -0.2) is 12.8 Å². The number of non-ortho nitro benzene ring substituents is 1. The highest BCUT2D eigenvalue weighted by molar-refractivity contribution is 7.92. The van der Waals surface area contributed by atoms with Gasteiger partial charge in [0.1, 0.15) is 5.82 Å². The van der Waals surface area contributed by atoms with Crippen molar-refractivity contribution in [3.63, 3.8) is 0 Å². The van der Waals surface area contributed by atoms with E-state index in [1.54, 1.807) is 12.1 Å².